The minimum atomic E-state index is -3.84. The number of aliphatic hydroxyl groups excluding tert-OH is 1. The van der Waals surface area contributed by atoms with Crippen LogP contribution in [-0.4, -0.2) is 59.2 Å². The van der Waals surface area contributed by atoms with Gasteiger partial charge in [0.25, 0.3) is 5.91 Å². The Hall–Kier alpha value is -4.91. The van der Waals surface area contributed by atoms with Crippen molar-refractivity contribution in [1.82, 2.24) is 10.6 Å². The van der Waals surface area contributed by atoms with E-state index in [0.717, 1.165) is 23.4 Å². The van der Waals surface area contributed by atoms with Gasteiger partial charge in [-0.25, -0.2) is 17.2 Å². The van der Waals surface area contributed by atoms with Crippen LogP contribution in [0.5, 0.6) is 0 Å². The van der Waals surface area contributed by atoms with E-state index in [1.165, 1.54) is 55.1 Å². The lowest BCUT2D eigenvalue weighted by molar-refractivity contribution is 0.0964. The molecular weight excluding hydrogens is 640 g/mol. The summed E-state index contributed by atoms with van der Waals surface area (Å²) in [4.78, 5) is 24.4. The summed E-state index contributed by atoms with van der Waals surface area (Å²) in [5.74, 6) is -0.889. The van der Waals surface area contributed by atoms with Crippen molar-refractivity contribution in [3.63, 3.8) is 0 Å². The molecular formula is C36H35F2N3O6S. The van der Waals surface area contributed by atoms with Crippen LogP contribution in [-0.2, 0) is 15.6 Å². The molecule has 1 aromatic heterocycles. The number of fused-ring (bicyclic) bond motifs is 1. The first-order valence-electron chi connectivity index (χ1n) is 15.1. The van der Waals surface area contributed by atoms with Crippen LogP contribution >= 0.6 is 0 Å². The third kappa shape index (κ3) is 7.15. The van der Waals surface area contributed by atoms with Gasteiger partial charge in [0, 0.05) is 40.7 Å². The maximum Gasteiger partial charge on any atom is 0.255 e. The van der Waals surface area contributed by atoms with Gasteiger partial charge in [-0.05, 0) is 79.5 Å². The van der Waals surface area contributed by atoms with Gasteiger partial charge in [-0.3, -0.25) is 13.9 Å². The number of aliphatic hydroxyl groups is 1. The smallest absolute Gasteiger partial charge is 0.255 e. The quantitative estimate of drug-likeness (QED) is 0.158. The summed E-state index contributed by atoms with van der Waals surface area (Å²) in [7, 11) is -0.417. The number of amides is 1. The van der Waals surface area contributed by atoms with Gasteiger partial charge in [0.05, 0.1) is 30.7 Å². The number of sulfonamides is 1. The lowest BCUT2D eigenvalue weighted by Gasteiger charge is -2.24. The fourth-order valence-corrected chi connectivity index (χ4v) is 6.56. The van der Waals surface area contributed by atoms with Crippen LogP contribution in [0.1, 0.15) is 39.1 Å². The van der Waals surface area contributed by atoms with Crippen LogP contribution in [0, 0.1) is 11.6 Å². The first kappa shape index (κ1) is 34.4. The number of aldehydes is 1. The van der Waals surface area contributed by atoms with Crippen LogP contribution in [0.4, 0.5) is 14.5 Å². The van der Waals surface area contributed by atoms with Crippen LogP contribution in [0.15, 0.2) is 89.3 Å². The summed E-state index contributed by atoms with van der Waals surface area (Å²) in [6.45, 7) is -0.667. The van der Waals surface area contributed by atoms with Crippen LogP contribution in [0.3, 0.4) is 0 Å². The molecule has 5 aromatic rings. The SMILES string of the molecule is CNC(=O)c1c(-c2ccc(F)cc2)oc2cc(N(CCO)S(C)(=O)=O)c(-c3cccc(C=O)c3)cc12.CNC1(c2ccc(F)cc2)CC1. The average Bonchev–Trinajstić information content (AvgIpc) is 3.80. The van der Waals surface area contributed by atoms with E-state index in [9.17, 15) is 31.9 Å². The molecule has 0 aliphatic heterocycles. The van der Waals surface area contributed by atoms with E-state index in [2.05, 4.69) is 10.6 Å². The Balaban J connectivity index is 0.000000313. The zero-order valence-corrected chi connectivity index (χ0v) is 27.4. The highest BCUT2D eigenvalue weighted by molar-refractivity contribution is 7.92. The normalized spacial score (nSPS) is 13.4. The number of hydrogen-bond donors (Lipinski definition) is 3. The number of nitrogens with zero attached hydrogens (tertiary/aromatic N) is 1. The summed E-state index contributed by atoms with van der Waals surface area (Å²) < 4.78 is 58.5. The maximum atomic E-state index is 13.5. The predicted molar refractivity (Wildman–Crippen MR) is 181 cm³/mol. The Morgan fingerprint density at radius 3 is 2.15 bits per heavy atom. The Labute approximate surface area is 277 Å². The van der Waals surface area contributed by atoms with E-state index in [-0.39, 0.29) is 40.5 Å². The van der Waals surface area contributed by atoms with Gasteiger partial charge in [0.2, 0.25) is 10.0 Å². The van der Waals surface area contributed by atoms with Crippen LogP contribution < -0.4 is 14.9 Å². The van der Waals surface area contributed by atoms with Gasteiger partial charge < -0.3 is 20.2 Å². The summed E-state index contributed by atoms with van der Waals surface area (Å²) in [6, 6.07) is 21.9. The summed E-state index contributed by atoms with van der Waals surface area (Å²) in [6.07, 6.45) is 4.01. The number of hydrogen-bond acceptors (Lipinski definition) is 7. The largest absolute Gasteiger partial charge is 0.455 e. The third-order valence-electron chi connectivity index (χ3n) is 8.30. The van der Waals surface area contributed by atoms with Crippen molar-refractivity contribution >= 4 is 38.9 Å². The van der Waals surface area contributed by atoms with Gasteiger partial charge in [0.15, 0.2) is 0 Å². The highest BCUT2D eigenvalue weighted by Crippen LogP contribution is 2.45. The Morgan fingerprint density at radius 1 is 0.958 bits per heavy atom. The third-order valence-corrected chi connectivity index (χ3v) is 9.48. The molecule has 1 amide bonds. The van der Waals surface area contributed by atoms with Gasteiger partial charge in [0.1, 0.15) is 29.3 Å². The van der Waals surface area contributed by atoms with E-state index in [1.807, 2.05) is 19.2 Å². The molecule has 0 atom stereocenters. The van der Waals surface area contributed by atoms with Crippen molar-refractivity contribution in [2.45, 2.75) is 18.4 Å². The first-order chi connectivity index (χ1) is 22.9. The van der Waals surface area contributed by atoms with E-state index in [0.29, 0.717) is 33.9 Å². The minimum Gasteiger partial charge on any atom is -0.455 e. The van der Waals surface area contributed by atoms with Crippen molar-refractivity contribution in [1.29, 1.82) is 0 Å². The summed E-state index contributed by atoms with van der Waals surface area (Å²) in [5.41, 5.74) is 3.71. The molecule has 3 N–H and O–H groups in total. The molecule has 0 saturated heterocycles. The molecule has 48 heavy (non-hydrogen) atoms. The number of carbonyl (C=O) groups is 2. The molecule has 4 aromatic carbocycles. The van der Waals surface area contributed by atoms with Crippen molar-refractivity contribution in [2.75, 3.05) is 37.8 Å². The molecule has 1 heterocycles. The Kier molecular flexibility index (Phi) is 10.1. The fourth-order valence-electron chi connectivity index (χ4n) is 5.64. The second-order valence-electron chi connectivity index (χ2n) is 11.4. The van der Waals surface area contributed by atoms with Gasteiger partial charge in [-0.15, -0.1) is 0 Å². The second-order valence-corrected chi connectivity index (χ2v) is 13.3. The monoisotopic (exact) mass is 675 g/mol. The van der Waals surface area contributed by atoms with E-state index in [1.54, 1.807) is 30.3 Å². The molecule has 0 bridgehead atoms. The molecule has 1 fully saturated rings. The molecule has 0 spiro atoms. The number of nitrogens with one attached hydrogen (secondary N) is 2. The zero-order valence-electron chi connectivity index (χ0n) is 26.6. The van der Waals surface area contributed by atoms with Crippen molar-refractivity contribution in [3.8, 4) is 22.5 Å². The minimum absolute atomic E-state index is 0.160. The van der Waals surface area contributed by atoms with E-state index >= 15 is 0 Å². The van der Waals surface area contributed by atoms with Crippen molar-refractivity contribution in [2.24, 2.45) is 0 Å². The first-order valence-corrected chi connectivity index (χ1v) is 17.0. The number of furan rings is 1. The average molecular weight is 676 g/mol. The van der Waals surface area contributed by atoms with Crippen molar-refractivity contribution in [3.05, 3.63) is 113 Å². The van der Waals surface area contributed by atoms with E-state index in [4.69, 9.17) is 4.42 Å². The number of halogens is 2. The molecule has 1 saturated carbocycles. The fraction of sp³-hybridized carbons (Fsp3) is 0.222. The molecule has 1 aliphatic rings. The molecule has 0 unspecified atom stereocenters. The van der Waals surface area contributed by atoms with Gasteiger partial charge >= 0.3 is 0 Å². The van der Waals surface area contributed by atoms with Gasteiger partial charge in [-0.2, -0.15) is 0 Å². The highest BCUT2D eigenvalue weighted by atomic mass is 32.2. The number of benzene rings is 4. The molecule has 6 rings (SSSR count). The second kappa shape index (κ2) is 14.1. The lowest BCUT2D eigenvalue weighted by atomic mass is 9.97. The predicted octanol–water partition coefficient (Wildman–Crippen LogP) is 5.87. The Bertz CT molecular complexity index is 2060. The highest BCUT2D eigenvalue weighted by Gasteiger charge is 2.42. The topological polar surface area (TPSA) is 129 Å². The zero-order chi connectivity index (χ0) is 34.6. The standard InChI is InChI=1S/C26H23FN2O6S.C10H12FN/c1-28-26(32)24-21-13-20(18-5-3-4-16(12-18)15-31)22(29(10-11-30)36(2,33)34)14-23(21)35-25(24)17-6-8-19(27)9-7-17;1-12-10(6-7-10)8-2-4-9(11)5-3-8/h3-9,12-15,30H,10-11H2,1-2H3,(H,28,32);2-5,12H,6-7H2,1H3. The van der Waals surface area contributed by atoms with Gasteiger partial charge in [-0.1, -0.05) is 30.3 Å². The molecule has 250 valence electrons. The maximum absolute atomic E-state index is 13.5. The molecule has 12 heteroatoms. The molecule has 1 aliphatic carbocycles. The summed E-state index contributed by atoms with van der Waals surface area (Å²) >= 11 is 0. The molecule has 9 nitrogen and oxygen atoms in total. The number of anilines is 1. The molecule has 0 radical (unpaired) electrons. The van der Waals surface area contributed by atoms with Crippen molar-refractivity contribution < 1.29 is 36.3 Å². The lowest BCUT2D eigenvalue weighted by Crippen LogP contribution is -2.33. The number of carbonyl (C=O) groups excluding carboxylic acids is 2. The van der Waals surface area contributed by atoms with Crippen LogP contribution in [0.25, 0.3) is 33.4 Å². The Morgan fingerprint density at radius 2 is 1.60 bits per heavy atom. The summed E-state index contributed by atoms with van der Waals surface area (Å²) in [5, 5.41) is 15.8. The van der Waals surface area contributed by atoms with Crippen LogP contribution in [0.2, 0.25) is 0 Å². The number of rotatable bonds is 10. The van der Waals surface area contributed by atoms with E-state index < -0.39 is 28.4 Å².